The maximum absolute atomic E-state index is 4.41. The van der Waals surface area contributed by atoms with Crippen LogP contribution in [0.2, 0.25) is 0 Å². The lowest BCUT2D eigenvalue weighted by molar-refractivity contribution is 1.15. The molecule has 20 heavy (non-hydrogen) atoms. The van der Waals surface area contributed by atoms with Crippen LogP contribution in [0.3, 0.4) is 0 Å². The normalized spacial score (nSPS) is 10.4. The summed E-state index contributed by atoms with van der Waals surface area (Å²) in [6.45, 7) is 2.16. The quantitative estimate of drug-likeness (QED) is 0.667. The van der Waals surface area contributed by atoms with Gasteiger partial charge in [0, 0.05) is 11.8 Å². The molecule has 2 aromatic carbocycles. The topological polar surface area (TPSA) is 12.9 Å². The van der Waals surface area contributed by atoms with E-state index in [1.807, 2.05) is 24.4 Å². The van der Waals surface area contributed by atoms with Crippen LogP contribution >= 0.6 is 0 Å². The first kappa shape index (κ1) is 12.6. The largest absolute Gasteiger partial charge is 0.256 e. The molecule has 0 amide bonds. The fourth-order valence-electron chi connectivity index (χ4n) is 2.40. The Morgan fingerprint density at radius 2 is 1.70 bits per heavy atom. The highest BCUT2D eigenvalue weighted by Gasteiger charge is 2.02. The Kier molecular flexibility index (Phi) is 3.60. The number of pyridine rings is 1. The fourth-order valence-corrected chi connectivity index (χ4v) is 2.40. The van der Waals surface area contributed by atoms with Crippen LogP contribution in [0.4, 0.5) is 0 Å². The lowest BCUT2D eigenvalue weighted by Gasteiger charge is -2.07. The maximum atomic E-state index is 4.41. The molecular weight excluding hydrogens is 242 g/mol. The van der Waals surface area contributed by atoms with E-state index in [-0.39, 0.29) is 0 Å². The van der Waals surface area contributed by atoms with Crippen molar-refractivity contribution in [2.75, 3.05) is 0 Å². The van der Waals surface area contributed by atoms with Gasteiger partial charge in [0.05, 0.1) is 5.69 Å². The summed E-state index contributed by atoms with van der Waals surface area (Å²) in [7, 11) is 0. The molecule has 98 valence electrons. The monoisotopic (exact) mass is 259 g/mol. The highest BCUT2D eigenvalue weighted by atomic mass is 14.7. The van der Waals surface area contributed by atoms with Crippen molar-refractivity contribution in [2.24, 2.45) is 0 Å². The fraction of sp³-hybridized carbons (Fsp3) is 0.105. The van der Waals surface area contributed by atoms with Crippen LogP contribution < -0.4 is 0 Å². The Balaban J connectivity index is 1.91. The van der Waals surface area contributed by atoms with E-state index in [2.05, 4.69) is 60.4 Å². The van der Waals surface area contributed by atoms with Crippen LogP contribution in [0.15, 0.2) is 72.9 Å². The summed E-state index contributed by atoms with van der Waals surface area (Å²) in [5.74, 6) is 0. The Morgan fingerprint density at radius 3 is 2.50 bits per heavy atom. The summed E-state index contributed by atoms with van der Waals surface area (Å²) in [5, 5.41) is 0. The molecule has 0 spiro atoms. The molecule has 0 aliphatic carbocycles. The first-order valence-electron chi connectivity index (χ1n) is 6.88. The second-order valence-electron chi connectivity index (χ2n) is 5.02. The third kappa shape index (κ3) is 2.77. The summed E-state index contributed by atoms with van der Waals surface area (Å²) < 4.78 is 0. The molecule has 3 rings (SSSR count). The number of hydrogen-bond donors (Lipinski definition) is 0. The number of hydrogen-bond acceptors (Lipinski definition) is 1. The summed E-state index contributed by atoms with van der Waals surface area (Å²) in [5.41, 5.74) is 6.25. The average Bonchev–Trinajstić information content (AvgIpc) is 2.51. The third-order valence-electron chi connectivity index (χ3n) is 3.54. The zero-order chi connectivity index (χ0) is 13.8. The molecule has 1 heterocycles. The average molecular weight is 259 g/mol. The zero-order valence-corrected chi connectivity index (χ0v) is 11.6. The third-order valence-corrected chi connectivity index (χ3v) is 3.54. The minimum atomic E-state index is 0.966. The van der Waals surface area contributed by atoms with Crippen molar-refractivity contribution in [1.29, 1.82) is 0 Å². The predicted molar refractivity (Wildman–Crippen MR) is 83.7 cm³/mol. The summed E-state index contributed by atoms with van der Waals surface area (Å²) >= 11 is 0. The van der Waals surface area contributed by atoms with Gasteiger partial charge in [-0.3, -0.25) is 4.98 Å². The second-order valence-corrected chi connectivity index (χ2v) is 5.02. The SMILES string of the molecule is Cc1ccccc1Cc1cccc(-c2ccccn2)c1. The standard InChI is InChI=1S/C19H17N/c1-15-7-2-3-9-17(15)13-16-8-6-10-18(14-16)19-11-4-5-12-20-19/h2-12,14H,13H2,1H3. The van der Waals surface area contributed by atoms with Crippen LogP contribution in [-0.4, -0.2) is 4.98 Å². The van der Waals surface area contributed by atoms with E-state index in [4.69, 9.17) is 0 Å². The van der Waals surface area contributed by atoms with Gasteiger partial charge in [-0.25, -0.2) is 0 Å². The molecule has 1 aromatic heterocycles. The molecular formula is C19H17N. The molecule has 0 aliphatic heterocycles. The van der Waals surface area contributed by atoms with E-state index in [9.17, 15) is 0 Å². The lowest BCUT2D eigenvalue weighted by atomic mass is 9.98. The molecule has 0 unspecified atom stereocenters. The van der Waals surface area contributed by atoms with Crippen molar-refractivity contribution in [3.05, 3.63) is 89.6 Å². The minimum absolute atomic E-state index is 0.966. The molecule has 0 fully saturated rings. The smallest absolute Gasteiger partial charge is 0.0702 e. The Hall–Kier alpha value is -2.41. The number of benzene rings is 2. The van der Waals surface area contributed by atoms with Gasteiger partial charge in [-0.2, -0.15) is 0 Å². The molecule has 0 radical (unpaired) electrons. The van der Waals surface area contributed by atoms with Crippen LogP contribution in [-0.2, 0) is 6.42 Å². The molecule has 0 N–H and O–H groups in total. The van der Waals surface area contributed by atoms with E-state index >= 15 is 0 Å². The van der Waals surface area contributed by atoms with Gasteiger partial charge in [0.2, 0.25) is 0 Å². The van der Waals surface area contributed by atoms with Crippen molar-refractivity contribution in [3.63, 3.8) is 0 Å². The highest BCUT2D eigenvalue weighted by molar-refractivity contribution is 5.60. The maximum Gasteiger partial charge on any atom is 0.0702 e. The van der Waals surface area contributed by atoms with Crippen LogP contribution in [0.25, 0.3) is 11.3 Å². The van der Waals surface area contributed by atoms with Gasteiger partial charge < -0.3 is 0 Å². The van der Waals surface area contributed by atoms with E-state index in [0.717, 1.165) is 12.1 Å². The molecule has 0 bridgehead atoms. The van der Waals surface area contributed by atoms with Crippen LogP contribution in [0.1, 0.15) is 16.7 Å². The van der Waals surface area contributed by atoms with E-state index < -0.39 is 0 Å². The summed E-state index contributed by atoms with van der Waals surface area (Å²) in [4.78, 5) is 4.41. The summed E-state index contributed by atoms with van der Waals surface area (Å²) in [6, 6.07) is 23.2. The minimum Gasteiger partial charge on any atom is -0.256 e. The van der Waals surface area contributed by atoms with E-state index in [0.29, 0.717) is 0 Å². The molecule has 1 heteroatoms. The molecule has 0 atom stereocenters. The molecule has 0 saturated carbocycles. The lowest BCUT2D eigenvalue weighted by Crippen LogP contribution is -1.92. The van der Waals surface area contributed by atoms with Crippen molar-refractivity contribution in [2.45, 2.75) is 13.3 Å². The Morgan fingerprint density at radius 1 is 0.850 bits per heavy atom. The van der Waals surface area contributed by atoms with Crippen molar-refractivity contribution in [3.8, 4) is 11.3 Å². The van der Waals surface area contributed by atoms with Gasteiger partial charge in [0.1, 0.15) is 0 Å². The van der Waals surface area contributed by atoms with Crippen molar-refractivity contribution >= 4 is 0 Å². The second kappa shape index (κ2) is 5.70. The van der Waals surface area contributed by atoms with Gasteiger partial charge in [-0.05, 0) is 48.2 Å². The van der Waals surface area contributed by atoms with Crippen molar-refractivity contribution < 1.29 is 0 Å². The van der Waals surface area contributed by atoms with Gasteiger partial charge in [-0.15, -0.1) is 0 Å². The van der Waals surface area contributed by atoms with Crippen molar-refractivity contribution in [1.82, 2.24) is 4.98 Å². The highest BCUT2D eigenvalue weighted by Crippen LogP contribution is 2.20. The summed E-state index contributed by atoms with van der Waals surface area (Å²) in [6.07, 6.45) is 2.80. The van der Waals surface area contributed by atoms with Gasteiger partial charge in [0.15, 0.2) is 0 Å². The molecule has 0 aliphatic rings. The van der Waals surface area contributed by atoms with Gasteiger partial charge in [0.25, 0.3) is 0 Å². The molecule has 3 aromatic rings. The number of nitrogens with zero attached hydrogens (tertiary/aromatic N) is 1. The number of aryl methyl sites for hydroxylation is 1. The Labute approximate surface area is 119 Å². The zero-order valence-electron chi connectivity index (χ0n) is 11.6. The number of aromatic nitrogens is 1. The Bertz CT molecular complexity index is 702. The molecule has 1 nitrogen and oxygen atoms in total. The first-order chi connectivity index (χ1) is 9.83. The van der Waals surface area contributed by atoms with E-state index in [1.54, 1.807) is 0 Å². The van der Waals surface area contributed by atoms with Gasteiger partial charge >= 0.3 is 0 Å². The van der Waals surface area contributed by atoms with E-state index in [1.165, 1.54) is 22.3 Å². The first-order valence-corrected chi connectivity index (χ1v) is 6.88. The predicted octanol–water partition coefficient (Wildman–Crippen LogP) is 4.65. The van der Waals surface area contributed by atoms with Crippen LogP contribution in [0, 0.1) is 6.92 Å². The number of rotatable bonds is 3. The van der Waals surface area contributed by atoms with Gasteiger partial charge in [-0.1, -0.05) is 48.5 Å². The molecule has 0 saturated heterocycles. The van der Waals surface area contributed by atoms with Crippen LogP contribution in [0.5, 0.6) is 0 Å².